The predicted molar refractivity (Wildman–Crippen MR) is 320 cm³/mol. The third kappa shape index (κ3) is 19.2. The van der Waals surface area contributed by atoms with Gasteiger partial charge in [0.15, 0.2) is 16.7 Å². The van der Waals surface area contributed by atoms with Gasteiger partial charge in [-0.2, -0.15) is 0 Å². The van der Waals surface area contributed by atoms with Crippen LogP contribution in [0.3, 0.4) is 0 Å². The van der Waals surface area contributed by atoms with Crippen LogP contribution in [0, 0.1) is 23.6 Å². The molecule has 1 aliphatic carbocycles. The van der Waals surface area contributed by atoms with Crippen LogP contribution in [0.15, 0.2) is 83.9 Å². The number of amides is 4. The lowest BCUT2D eigenvalue weighted by atomic mass is 9.69. The van der Waals surface area contributed by atoms with E-state index >= 15 is 0 Å². The maximum atomic E-state index is 14.7. The summed E-state index contributed by atoms with van der Waals surface area (Å²) in [5, 5.41) is 36.8. The number of aliphatic hydroxyl groups is 1. The first kappa shape index (κ1) is 64.4. The monoisotopic (exact) mass is 1230 g/mol. The summed E-state index contributed by atoms with van der Waals surface area (Å²) in [6, 6.07) is 16.3. The summed E-state index contributed by atoms with van der Waals surface area (Å²) in [6.45, 7) is 11.4. The molecule has 3 atom stereocenters. The zero-order chi connectivity index (χ0) is 60.2. The second-order valence-corrected chi connectivity index (χ2v) is 24.2. The number of aryl methyl sites for hydroxylation is 1. The first-order valence-corrected chi connectivity index (χ1v) is 30.6. The minimum Gasteiger partial charge on any atom is -0.487 e. The van der Waals surface area contributed by atoms with Crippen molar-refractivity contribution in [2.75, 3.05) is 77.7 Å². The van der Waals surface area contributed by atoms with Crippen LogP contribution in [0.4, 0.5) is 15.3 Å². The molecule has 1 saturated carbocycles. The first-order valence-electron chi connectivity index (χ1n) is 28.5. The van der Waals surface area contributed by atoms with Gasteiger partial charge in [0.1, 0.15) is 30.2 Å². The number of likely N-dealkylation sites (tertiary alicyclic amines) is 1. The van der Waals surface area contributed by atoms with Gasteiger partial charge >= 0.3 is 0 Å². The molecule has 0 unspecified atom stereocenters. The number of β-amino-alcohol motifs (C(OH)–C–C–N with tert-alkyl or cyclic N) is 1. The topological polar surface area (TPSA) is 267 Å². The Bertz CT molecular complexity index is 3090. The SMILES string of the molecule is Cc1ncsc1-c1ccc(CNC(=O)[C@@H]2C[C@@H](O)CN2C(=O)[C@@H](NC(=O)COCCNCCn2cc(COCCOCCOCCNC(=O)[C@]3(Cc4cccc(Nc5nccs5)n4)CC[C@@H](Oc4cccc(Cl)c4F)CC3)nn2)C(C)(C)C)cc1. The molecule has 0 radical (unpaired) electrons. The summed E-state index contributed by atoms with van der Waals surface area (Å²) in [5.74, 6) is -1.26. The Labute approximate surface area is 507 Å². The molecule has 22 nitrogen and oxygen atoms in total. The van der Waals surface area contributed by atoms with Crippen LogP contribution < -0.4 is 31.3 Å². The average molecular weight is 1230 g/mol. The molecule has 5 heterocycles. The van der Waals surface area contributed by atoms with E-state index in [-0.39, 0.29) is 68.0 Å². The van der Waals surface area contributed by atoms with Gasteiger partial charge in [0.25, 0.3) is 0 Å². The van der Waals surface area contributed by atoms with Crippen LogP contribution in [-0.4, -0.2) is 160 Å². The van der Waals surface area contributed by atoms with Crippen molar-refractivity contribution in [1.82, 2.24) is 56.1 Å². The summed E-state index contributed by atoms with van der Waals surface area (Å²) in [7, 11) is 0. The van der Waals surface area contributed by atoms with Gasteiger partial charge < -0.3 is 60.3 Å². The predicted octanol–water partition coefficient (Wildman–Crippen LogP) is 6.43. The van der Waals surface area contributed by atoms with E-state index in [9.17, 15) is 28.7 Å². The molecule has 2 aliphatic rings. The quantitative estimate of drug-likeness (QED) is 0.0249. The number of nitrogens with one attached hydrogen (secondary N) is 5. The standard InChI is InChI=1S/C59H76ClFN12O10S2/c1-39-52(85-38-66-39)41-13-11-40(12-14-41)33-65-54(76)47-31-44(74)35-73(47)55(77)53(58(2,3)4)69-50(75)37-81-24-20-62-19-23-72-34-43(70-71-72)36-82-29-28-80-27-26-79-25-21-63-56(78)59(32-42-7-5-10-49(67-42)68-57-64-22-30-84-57)17-15-45(16-18-59)83-48-9-6-8-46(60)51(48)61/h5-14,22,30,34,38,44-45,47,53,62,74H,15-21,23-29,31-33,35-37H2,1-4H3,(H,63,78)(H,65,76)(H,69,75)(H,64,67,68)/t44-,45-,47+,53-,59-/m1/s1. The number of carbonyl (C=O) groups is 4. The number of thiazole rings is 2. The van der Waals surface area contributed by atoms with E-state index in [1.807, 2.05) is 81.1 Å². The van der Waals surface area contributed by atoms with Crippen molar-refractivity contribution in [2.24, 2.45) is 10.8 Å². The molecule has 458 valence electrons. The van der Waals surface area contributed by atoms with E-state index in [2.05, 4.69) is 46.9 Å². The fourth-order valence-electron chi connectivity index (χ4n) is 10.1. The number of aliphatic hydroxyl groups excluding tert-OH is 1. The molecule has 2 fully saturated rings. The number of hydrogen-bond acceptors (Lipinski definition) is 19. The minimum atomic E-state index is -0.972. The molecule has 4 aromatic heterocycles. The molecule has 0 spiro atoms. The van der Waals surface area contributed by atoms with Crippen molar-refractivity contribution in [3.8, 4) is 16.2 Å². The van der Waals surface area contributed by atoms with E-state index in [4.69, 9.17) is 40.3 Å². The van der Waals surface area contributed by atoms with Crippen LogP contribution in [0.5, 0.6) is 5.75 Å². The lowest BCUT2D eigenvalue weighted by Crippen LogP contribution is -2.58. The number of hydrogen-bond donors (Lipinski definition) is 6. The van der Waals surface area contributed by atoms with Crippen LogP contribution in [-0.2, 0) is 64.2 Å². The van der Waals surface area contributed by atoms with Gasteiger partial charge in [-0.25, -0.2) is 19.3 Å². The smallest absolute Gasteiger partial charge is 0.246 e. The van der Waals surface area contributed by atoms with Gasteiger partial charge in [-0.05, 0) is 73.4 Å². The van der Waals surface area contributed by atoms with Gasteiger partial charge in [0.05, 0.1) is 97.7 Å². The molecule has 6 aromatic rings. The molecule has 26 heteroatoms. The largest absolute Gasteiger partial charge is 0.487 e. The number of nitrogens with zero attached hydrogens (tertiary/aromatic N) is 7. The lowest BCUT2D eigenvalue weighted by molar-refractivity contribution is -0.144. The Morgan fingerprint density at radius 1 is 0.882 bits per heavy atom. The Hall–Kier alpha value is -6.55. The van der Waals surface area contributed by atoms with Crippen molar-refractivity contribution in [3.63, 3.8) is 0 Å². The van der Waals surface area contributed by atoms with Crippen molar-refractivity contribution in [1.29, 1.82) is 0 Å². The van der Waals surface area contributed by atoms with Gasteiger partial charge in [-0.1, -0.05) is 74.0 Å². The van der Waals surface area contributed by atoms with Crippen molar-refractivity contribution in [3.05, 3.63) is 117 Å². The zero-order valence-corrected chi connectivity index (χ0v) is 50.7. The molecule has 4 amide bonds. The second-order valence-electron chi connectivity index (χ2n) is 22.1. The summed E-state index contributed by atoms with van der Waals surface area (Å²) < 4.78 is 45.2. The van der Waals surface area contributed by atoms with Gasteiger partial charge in [0.2, 0.25) is 23.6 Å². The Morgan fingerprint density at radius 3 is 2.38 bits per heavy atom. The third-order valence-electron chi connectivity index (χ3n) is 14.6. The van der Waals surface area contributed by atoms with Gasteiger partial charge in [0, 0.05) is 62.8 Å². The fourth-order valence-corrected chi connectivity index (χ4v) is 11.6. The second kappa shape index (κ2) is 31.7. The van der Waals surface area contributed by atoms with Crippen LogP contribution in [0.1, 0.15) is 75.5 Å². The molecular formula is C59H76ClFN12O10S2. The summed E-state index contributed by atoms with van der Waals surface area (Å²) in [5.41, 5.74) is 4.64. The van der Waals surface area contributed by atoms with E-state index in [0.717, 1.165) is 32.5 Å². The highest BCUT2D eigenvalue weighted by Gasteiger charge is 2.45. The Balaban J connectivity index is 0.656. The zero-order valence-electron chi connectivity index (χ0n) is 48.4. The normalized spacial score (nSPS) is 18.2. The number of carbonyl (C=O) groups excluding carboxylic acids is 4. The van der Waals surface area contributed by atoms with E-state index in [1.54, 1.807) is 40.5 Å². The molecular weight excluding hydrogens is 1160 g/mol. The molecule has 1 aliphatic heterocycles. The van der Waals surface area contributed by atoms with Crippen LogP contribution in [0.2, 0.25) is 5.02 Å². The number of rotatable bonds is 32. The summed E-state index contributed by atoms with van der Waals surface area (Å²) in [4.78, 5) is 70.4. The van der Waals surface area contributed by atoms with E-state index < -0.39 is 46.6 Å². The summed E-state index contributed by atoms with van der Waals surface area (Å²) >= 11 is 9.03. The number of pyridine rings is 1. The number of halogens is 2. The van der Waals surface area contributed by atoms with Crippen molar-refractivity contribution in [2.45, 2.75) is 110 Å². The number of ether oxygens (including phenoxy) is 5. The van der Waals surface area contributed by atoms with Crippen molar-refractivity contribution >= 4 is 68.9 Å². The average Bonchev–Trinajstić information content (AvgIpc) is 4.16. The molecule has 2 aromatic carbocycles. The Morgan fingerprint density at radius 2 is 1.64 bits per heavy atom. The van der Waals surface area contributed by atoms with Crippen molar-refractivity contribution < 1.29 is 52.4 Å². The highest BCUT2D eigenvalue weighted by Crippen LogP contribution is 2.42. The number of benzene rings is 2. The van der Waals surface area contributed by atoms with Gasteiger partial charge in [-0.3, -0.25) is 23.9 Å². The van der Waals surface area contributed by atoms with E-state index in [1.165, 1.54) is 22.3 Å². The van der Waals surface area contributed by atoms with Gasteiger partial charge in [-0.15, -0.1) is 27.8 Å². The number of anilines is 2. The summed E-state index contributed by atoms with van der Waals surface area (Å²) in [6.07, 6.45) is 4.95. The Kier molecular flexibility index (Phi) is 24.1. The van der Waals surface area contributed by atoms with Crippen LogP contribution >= 0.6 is 34.3 Å². The maximum Gasteiger partial charge on any atom is 0.246 e. The molecule has 85 heavy (non-hydrogen) atoms. The first-order chi connectivity index (χ1) is 41.0. The fraction of sp³-hybridized carbons (Fsp3) is 0.508. The molecule has 1 saturated heterocycles. The maximum absolute atomic E-state index is 14.7. The highest BCUT2D eigenvalue weighted by atomic mass is 35.5. The number of aromatic nitrogens is 6. The van der Waals surface area contributed by atoms with Crippen LogP contribution in [0.25, 0.3) is 10.4 Å². The highest BCUT2D eigenvalue weighted by molar-refractivity contribution is 7.13. The minimum absolute atomic E-state index is 0.00519. The van der Waals surface area contributed by atoms with E-state index in [0.29, 0.717) is 103 Å². The molecule has 6 N–H and O–H groups in total. The lowest BCUT2D eigenvalue weighted by Gasteiger charge is -2.39. The third-order valence-corrected chi connectivity index (χ3v) is 16.5. The molecule has 0 bridgehead atoms. The molecule has 8 rings (SSSR count).